The van der Waals surface area contributed by atoms with Crippen LogP contribution in [0, 0.1) is 0 Å². The van der Waals surface area contributed by atoms with Crippen molar-refractivity contribution in [1.29, 1.82) is 0 Å². The molecule has 0 aromatic heterocycles. The minimum atomic E-state index is -3.51. The maximum absolute atomic E-state index is 12.0. The highest BCUT2D eigenvalue weighted by Crippen LogP contribution is 2.20. The van der Waals surface area contributed by atoms with E-state index in [1.807, 2.05) is 13.0 Å². The number of hydrogen-bond acceptors (Lipinski definition) is 4. The van der Waals surface area contributed by atoms with Crippen LogP contribution >= 0.6 is 0 Å². The Morgan fingerprint density at radius 2 is 1.95 bits per heavy atom. The summed E-state index contributed by atoms with van der Waals surface area (Å²) in [6.45, 7) is 3.76. The van der Waals surface area contributed by atoms with Gasteiger partial charge in [0.15, 0.2) is 0 Å². The van der Waals surface area contributed by atoms with Crippen LogP contribution in [0.1, 0.15) is 19.4 Å². The van der Waals surface area contributed by atoms with E-state index in [0.29, 0.717) is 6.61 Å². The van der Waals surface area contributed by atoms with E-state index < -0.39 is 15.6 Å². The van der Waals surface area contributed by atoms with Crippen molar-refractivity contribution in [2.24, 2.45) is 0 Å². The summed E-state index contributed by atoms with van der Waals surface area (Å²) < 4.78 is 31.5. The number of ether oxygens (including phenoxy) is 1. The fraction of sp³-hybridized carbons (Fsp3) is 0.538. The lowest BCUT2D eigenvalue weighted by atomic mass is 9.94. The van der Waals surface area contributed by atoms with Crippen molar-refractivity contribution in [2.75, 3.05) is 25.6 Å². The second-order valence-corrected chi connectivity index (χ2v) is 6.32. The number of benzene rings is 1. The number of rotatable bonds is 8. The van der Waals surface area contributed by atoms with Crippen molar-refractivity contribution in [3.63, 3.8) is 0 Å². The largest absolute Gasteiger partial charge is 0.394 e. The standard InChI is InChI=1S/C13H21NO4S/c1-3-18-9-10-19(16,17)14-13(2,11-15)12-7-5-4-6-8-12/h4-8,14-15H,3,9-11H2,1-2H3. The van der Waals surface area contributed by atoms with Gasteiger partial charge in [0.2, 0.25) is 10.0 Å². The van der Waals surface area contributed by atoms with Gasteiger partial charge in [-0.05, 0) is 19.4 Å². The first-order valence-corrected chi connectivity index (χ1v) is 7.84. The average molecular weight is 287 g/mol. The Labute approximate surface area is 114 Å². The van der Waals surface area contributed by atoms with E-state index in [1.54, 1.807) is 31.2 Å². The first kappa shape index (κ1) is 16.1. The van der Waals surface area contributed by atoms with Gasteiger partial charge in [-0.3, -0.25) is 0 Å². The molecular weight excluding hydrogens is 266 g/mol. The monoisotopic (exact) mass is 287 g/mol. The van der Waals surface area contributed by atoms with Crippen LogP contribution in [0.2, 0.25) is 0 Å². The Kier molecular flexibility index (Phi) is 5.93. The van der Waals surface area contributed by atoms with Crippen LogP contribution < -0.4 is 4.72 Å². The molecule has 1 aromatic carbocycles. The molecule has 0 aliphatic carbocycles. The maximum atomic E-state index is 12.0. The molecule has 0 heterocycles. The Balaban J connectivity index is 2.81. The number of aliphatic hydroxyl groups excluding tert-OH is 1. The second kappa shape index (κ2) is 7.00. The van der Waals surface area contributed by atoms with Gasteiger partial charge in [0, 0.05) is 6.61 Å². The molecule has 0 amide bonds. The molecule has 6 heteroatoms. The molecule has 0 spiro atoms. The molecule has 0 saturated heterocycles. The van der Waals surface area contributed by atoms with Gasteiger partial charge >= 0.3 is 0 Å². The number of aliphatic hydroxyl groups is 1. The Bertz CT molecular complexity index is 475. The third-order valence-corrected chi connectivity index (χ3v) is 4.27. The Morgan fingerprint density at radius 1 is 1.32 bits per heavy atom. The summed E-state index contributed by atoms with van der Waals surface area (Å²) in [5.74, 6) is -0.122. The van der Waals surface area contributed by atoms with E-state index in [9.17, 15) is 13.5 Å². The maximum Gasteiger partial charge on any atom is 0.214 e. The summed E-state index contributed by atoms with van der Waals surface area (Å²) in [5.41, 5.74) is -0.302. The normalized spacial score (nSPS) is 15.1. The third-order valence-electron chi connectivity index (χ3n) is 2.81. The molecule has 0 fully saturated rings. The van der Waals surface area contributed by atoms with E-state index in [0.717, 1.165) is 5.56 Å². The van der Waals surface area contributed by atoms with Crippen molar-refractivity contribution < 1.29 is 18.3 Å². The van der Waals surface area contributed by atoms with Gasteiger partial charge in [-0.15, -0.1) is 0 Å². The van der Waals surface area contributed by atoms with Gasteiger partial charge in [-0.2, -0.15) is 0 Å². The Hall–Kier alpha value is -0.950. The van der Waals surface area contributed by atoms with Crippen LogP contribution in [-0.2, 0) is 20.3 Å². The zero-order valence-electron chi connectivity index (χ0n) is 11.3. The summed E-state index contributed by atoms with van der Waals surface area (Å²) in [6, 6.07) is 9.00. The molecule has 1 aromatic rings. The van der Waals surface area contributed by atoms with Gasteiger partial charge in [0.05, 0.1) is 24.5 Å². The zero-order valence-corrected chi connectivity index (χ0v) is 12.1. The summed E-state index contributed by atoms with van der Waals surface area (Å²) in [4.78, 5) is 0. The molecule has 5 nitrogen and oxygen atoms in total. The molecule has 2 N–H and O–H groups in total. The quantitative estimate of drug-likeness (QED) is 0.695. The first-order valence-electron chi connectivity index (χ1n) is 6.19. The highest BCUT2D eigenvalue weighted by atomic mass is 32.2. The van der Waals surface area contributed by atoms with Gasteiger partial charge in [-0.1, -0.05) is 30.3 Å². The number of hydrogen-bond donors (Lipinski definition) is 2. The predicted molar refractivity (Wildman–Crippen MR) is 74.3 cm³/mol. The highest BCUT2D eigenvalue weighted by molar-refractivity contribution is 7.89. The summed E-state index contributed by atoms with van der Waals surface area (Å²) in [5, 5.41) is 9.52. The van der Waals surface area contributed by atoms with Crippen molar-refractivity contribution in [2.45, 2.75) is 19.4 Å². The molecular formula is C13H21NO4S. The SMILES string of the molecule is CCOCCS(=O)(=O)NC(C)(CO)c1ccccc1. The minimum Gasteiger partial charge on any atom is -0.394 e. The van der Waals surface area contributed by atoms with Crippen LogP contribution in [0.15, 0.2) is 30.3 Å². The van der Waals surface area contributed by atoms with E-state index in [-0.39, 0.29) is 19.0 Å². The molecule has 19 heavy (non-hydrogen) atoms. The number of nitrogens with one attached hydrogen (secondary N) is 1. The molecule has 0 aliphatic heterocycles. The molecule has 0 aliphatic rings. The van der Waals surface area contributed by atoms with Crippen LogP contribution in [0.25, 0.3) is 0 Å². The van der Waals surface area contributed by atoms with Crippen molar-refractivity contribution >= 4 is 10.0 Å². The molecule has 0 radical (unpaired) electrons. The van der Waals surface area contributed by atoms with E-state index in [2.05, 4.69) is 4.72 Å². The lowest BCUT2D eigenvalue weighted by molar-refractivity contribution is 0.162. The third kappa shape index (κ3) is 4.91. The van der Waals surface area contributed by atoms with E-state index in [4.69, 9.17) is 4.74 Å². The van der Waals surface area contributed by atoms with Crippen molar-refractivity contribution in [3.05, 3.63) is 35.9 Å². The molecule has 1 atom stereocenters. The smallest absolute Gasteiger partial charge is 0.214 e. The fourth-order valence-corrected chi connectivity index (χ4v) is 3.00. The van der Waals surface area contributed by atoms with Crippen LogP contribution in [0.5, 0.6) is 0 Å². The van der Waals surface area contributed by atoms with E-state index >= 15 is 0 Å². The fourth-order valence-electron chi connectivity index (χ4n) is 1.70. The Morgan fingerprint density at radius 3 is 2.47 bits per heavy atom. The highest BCUT2D eigenvalue weighted by Gasteiger charge is 2.30. The average Bonchev–Trinajstić information content (AvgIpc) is 2.39. The molecule has 108 valence electrons. The summed E-state index contributed by atoms with van der Waals surface area (Å²) in [7, 11) is -3.51. The lowest BCUT2D eigenvalue weighted by Crippen LogP contribution is -2.47. The van der Waals surface area contributed by atoms with Crippen molar-refractivity contribution in [1.82, 2.24) is 4.72 Å². The molecule has 1 unspecified atom stereocenters. The van der Waals surface area contributed by atoms with Crippen LogP contribution in [-0.4, -0.2) is 39.1 Å². The van der Waals surface area contributed by atoms with Gasteiger partial charge in [-0.25, -0.2) is 13.1 Å². The predicted octanol–water partition coefficient (Wildman–Crippen LogP) is 0.850. The minimum absolute atomic E-state index is 0.122. The van der Waals surface area contributed by atoms with Crippen LogP contribution in [0.4, 0.5) is 0 Å². The summed E-state index contributed by atoms with van der Waals surface area (Å²) >= 11 is 0. The lowest BCUT2D eigenvalue weighted by Gasteiger charge is -2.29. The van der Waals surface area contributed by atoms with Crippen LogP contribution in [0.3, 0.4) is 0 Å². The first-order chi connectivity index (χ1) is 8.93. The van der Waals surface area contributed by atoms with Gasteiger partial charge in [0.1, 0.15) is 0 Å². The van der Waals surface area contributed by atoms with Gasteiger partial charge in [0.25, 0.3) is 0 Å². The van der Waals surface area contributed by atoms with Crippen molar-refractivity contribution in [3.8, 4) is 0 Å². The summed E-state index contributed by atoms with van der Waals surface area (Å²) in [6.07, 6.45) is 0. The molecule has 0 bridgehead atoms. The zero-order chi connectivity index (χ0) is 14.4. The van der Waals surface area contributed by atoms with Gasteiger partial charge < -0.3 is 9.84 Å². The second-order valence-electron chi connectivity index (χ2n) is 4.47. The number of sulfonamides is 1. The topological polar surface area (TPSA) is 75.6 Å². The molecule has 0 saturated carbocycles. The molecule has 1 rings (SSSR count). The van der Waals surface area contributed by atoms with E-state index in [1.165, 1.54) is 0 Å².